The van der Waals surface area contributed by atoms with E-state index in [-0.39, 0.29) is 84.1 Å². The third-order valence-corrected chi connectivity index (χ3v) is 17.1. The molecule has 13 nitrogen and oxygen atoms in total. The summed E-state index contributed by atoms with van der Waals surface area (Å²) in [4.78, 5) is 62.4. The quantitative estimate of drug-likeness (QED) is 0.0566. The number of benzene rings is 3. The summed E-state index contributed by atoms with van der Waals surface area (Å²) in [6, 6.07) is 20.9. The van der Waals surface area contributed by atoms with Crippen LogP contribution >= 0.6 is 18.9 Å². The molecule has 3 aliphatic heterocycles. The van der Waals surface area contributed by atoms with E-state index in [1.54, 1.807) is 35.2 Å². The number of thiophene rings is 1. The lowest BCUT2D eigenvalue weighted by molar-refractivity contribution is -0.148. The lowest BCUT2D eigenvalue weighted by Gasteiger charge is -2.41. The lowest BCUT2D eigenvalue weighted by atomic mass is 9.93. The second-order valence-electron chi connectivity index (χ2n) is 18.4. The maximum Gasteiger partial charge on any atom is 0.355 e. The SMILES string of the molecule is COCCOC(=O)[C@H](C)NP(=O)(Oc1ccccc1)[C@@H](F)c1ccc2sc(C(=O)N[C@H]3CC[C@H](N(C)CCC(F)F)C[C@H]4CC[C@@H](C(=O)N5C[C@H](c6ccccc6)CC56CC6)N4C3=O)cc2c1. The number of likely N-dealkylation sites (tertiary alicyclic amines) is 1. The van der Waals surface area contributed by atoms with Gasteiger partial charge < -0.3 is 34.0 Å². The number of carbonyl (C=O) groups is 4. The fourth-order valence-electron chi connectivity index (χ4n) is 10.1. The maximum atomic E-state index is 16.7. The summed E-state index contributed by atoms with van der Waals surface area (Å²) in [5, 5.41) is 6.01. The van der Waals surface area contributed by atoms with E-state index in [1.165, 1.54) is 43.9 Å². The van der Waals surface area contributed by atoms with Gasteiger partial charge in [-0.25, -0.2) is 18.3 Å². The van der Waals surface area contributed by atoms with Crippen molar-refractivity contribution in [2.45, 2.75) is 119 Å². The molecule has 0 bridgehead atoms. The maximum absolute atomic E-state index is 16.7. The van der Waals surface area contributed by atoms with E-state index in [0.717, 1.165) is 30.6 Å². The number of esters is 1. The predicted molar refractivity (Wildman–Crippen MR) is 249 cm³/mol. The van der Waals surface area contributed by atoms with Gasteiger partial charge in [0.1, 0.15) is 30.5 Å². The Morgan fingerprint density at radius 3 is 2.39 bits per heavy atom. The van der Waals surface area contributed by atoms with Gasteiger partial charge in [-0.15, -0.1) is 11.3 Å². The van der Waals surface area contributed by atoms with Crippen LogP contribution in [0.3, 0.4) is 0 Å². The molecule has 18 heteroatoms. The molecule has 8 atom stereocenters. The Morgan fingerprint density at radius 2 is 1.69 bits per heavy atom. The number of fused-ring (bicyclic) bond motifs is 2. The van der Waals surface area contributed by atoms with Gasteiger partial charge in [0.05, 0.1) is 11.5 Å². The molecule has 3 amide bonds. The van der Waals surface area contributed by atoms with Crippen molar-refractivity contribution in [3.05, 3.63) is 101 Å². The molecule has 8 rings (SSSR count). The van der Waals surface area contributed by atoms with E-state index >= 15 is 4.39 Å². The molecule has 4 aliphatic rings. The number of ether oxygens (including phenoxy) is 2. The van der Waals surface area contributed by atoms with Gasteiger partial charge in [-0.3, -0.25) is 23.7 Å². The highest BCUT2D eigenvalue weighted by Crippen LogP contribution is 2.58. The number of nitrogens with zero attached hydrogens (tertiary/aromatic N) is 3. The number of rotatable bonds is 18. The predicted octanol–water partition coefficient (Wildman–Crippen LogP) is 8.46. The summed E-state index contributed by atoms with van der Waals surface area (Å²) in [7, 11) is -1.28. The number of hydrogen-bond acceptors (Lipinski definition) is 10. The third-order valence-electron chi connectivity index (χ3n) is 13.8. The highest BCUT2D eigenvalue weighted by Gasteiger charge is 2.58. The summed E-state index contributed by atoms with van der Waals surface area (Å²) < 4.78 is 74.4. The summed E-state index contributed by atoms with van der Waals surface area (Å²) in [6.45, 7) is 2.20. The molecule has 0 radical (unpaired) electrons. The van der Waals surface area contributed by atoms with Gasteiger partial charge >= 0.3 is 13.5 Å². The van der Waals surface area contributed by atoms with Gasteiger partial charge in [0.25, 0.3) is 5.91 Å². The van der Waals surface area contributed by atoms with Crippen LogP contribution in [0.2, 0.25) is 0 Å². The Kier molecular flexibility index (Phi) is 15.1. The molecule has 4 heterocycles. The van der Waals surface area contributed by atoms with Crippen molar-refractivity contribution >= 4 is 52.6 Å². The van der Waals surface area contributed by atoms with Crippen LogP contribution < -0.4 is 14.9 Å². The Hall–Kier alpha value is -4.80. The Balaban J connectivity index is 1.02. The topological polar surface area (TPSA) is 147 Å². The average Bonchev–Trinajstić information content (AvgIpc) is 3.60. The van der Waals surface area contributed by atoms with Crippen molar-refractivity contribution in [1.82, 2.24) is 25.1 Å². The number of nitrogens with one attached hydrogen (secondary N) is 2. The molecular weight excluding hydrogens is 907 g/mol. The minimum Gasteiger partial charge on any atom is -0.462 e. The molecule has 1 saturated carbocycles. The first-order valence-electron chi connectivity index (χ1n) is 23.1. The lowest BCUT2D eigenvalue weighted by Crippen LogP contribution is -2.59. The van der Waals surface area contributed by atoms with Gasteiger partial charge in [0, 0.05) is 54.9 Å². The molecule has 1 aromatic heterocycles. The molecule has 3 aromatic carbocycles. The van der Waals surface area contributed by atoms with E-state index in [4.69, 9.17) is 14.0 Å². The smallest absolute Gasteiger partial charge is 0.355 e. The zero-order chi connectivity index (χ0) is 47.5. The van der Waals surface area contributed by atoms with Crippen LogP contribution in [0.25, 0.3) is 10.1 Å². The number of amides is 3. The van der Waals surface area contributed by atoms with Crippen LogP contribution in [0.15, 0.2) is 84.9 Å². The second kappa shape index (κ2) is 20.8. The van der Waals surface area contributed by atoms with Crippen LogP contribution in [0.4, 0.5) is 13.2 Å². The van der Waals surface area contributed by atoms with Crippen molar-refractivity contribution in [2.75, 3.05) is 40.5 Å². The van der Waals surface area contributed by atoms with Crippen molar-refractivity contribution < 1.29 is 50.9 Å². The summed E-state index contributed by atoms with van der Waals surface area (Å²) in [5.74, 6) is -3.68. The van der Waals surface area contributed by atoms with Crippen LogP contribution in [-0.4, -0.2) is 121 Å². The minimum atomic E-state index is -4.54. The molecule has 4 fully saturated rings. The normalized spacial score (nSPS) is 24.2. The zero-order valence-electron chi connectivity index (χ0n) is 38.0. The van der Waals surface area contributed by atoms with Gasteiger partial charge in [0.2, 0.25) is 24.2 Å². The molecule has 360 valence electrons. The molecule has 4 aromatic rings. The first kappa shape index (κ1) is 48.6. The molecule has 67 heavy (non-hydrogen) atoms. The largest absolute Gasteiger partial charge is 0.462 e. The number of alkyl halides is 3. The number of carbonyl (C=O) groups excluding carboxylic acids is 4. The van der Waals surface area contributed by atoms with Gasteiger partial charge in [-0.05, 0) is 112 Å². The fourth-order valence-corrected chi connectivity index (χ4v) is 13.0. The number of halogens is 3. The van der Waals surface area contributed by atoms with Crippen LogP contribution in [0.1, 0.15) is 97.3 Å². The van der Waals surface area contributed by atoms with Gasteiger partial charge in [-0.2, -0.15) is 0 Å². The van der Waals surface area contributed by atoms with E-state index < -0.39 is 49.9 Å². The number of methoxy groups -OCH3 is 1. The molecule has 1 unspecified atom stereocenters. The highest BCUT2D eigenvalue weighted by molar-refractivity contribution is 7.57. The standard InChI is InChI=1S/C49H59F3N5O8PS/c1-31(48(61)64-25-24-63-3)54-66(62,65-38-12-8-5-9-13-38)44(52)33-14-19-41-34(26-33)27-42(67-41)45(58)53-39-17-15-36(55(2)23-20-43(50)51)28-37-16-18-40(57(37)46(39)59)47(60)56-30-35(29-49(56)21-22-49)32-10-6-4-7-11-32/h4-14,19,26-27,31,35-37,39-40,43-44H,15-18,20-25,28-30H2,1-3H3,(H,53,58)(H,54,62)/t31-,35+,36-,37+,39-,40-,44+,66?/m0/s1. The van der Waals surface area contributed by atoms with Crippen molar-refractivity contribution in [1.29, 1.82) is 0 Å². The van der Waals surface area contributed by atoms with Crippen LogP contribution in [0, 0.1) is 0 Å². The molecule has 1 aliphatic carbocycles. The molecule has 1 spiro atoms. The summed E-state index contributed by atoms with van der Waals surface area (Å²) in [6.07, 6.45) is 2.19. The zero-order valence-corrected chi connectivity index (χ0v) is 39.7. The Morgan fingerprint density at radius 1 is 0.955 bits per heavy atom. The highest BCUT2D eigenvalue weighted by atomic mass is 32.1. The summed E-state index contributed by atoms with van der Waals surface area (Å²) in [5.41, 5.74) is 0.931. The number of para-hydroxylation sites is 1. The molecule has 2 N–H and O–H groups in total. The first-order valence-corrected chi connectivity index (χ1v) is 25.6. The number of hydrogen-bond donors (Lipinski definition) is 2. The Labute approximate surface area is 393 Å². The second-order valence-corrected chi connectivity index (χ2v) is 21.6. The minimum absolute atomic E-state index is 0.0296. The third kappa shape index (κ3) is 10.9. The van der Waals surface area contributed by atoms with E-state index in [0.29, 0.717) is 42.3 Å². The average molecular weight is 966 g/mol. The van der Waals surface area contributed by atoms with E-state index in [9.17, 15) is 32.5 Å². The van der Waals surface area contributed by atoms with Gasteiger partial charge in [0.15, 0.2) is 0 Å². The van der Waals surface area contributed by atoms with Crippen LogP contribution in [-0.2, 0) is 28.4 Å². The monoisotopic (exact) mass is 965 g/mol. The van der Waals surface area contributed by atoms with E-state index in [2.05, 4.69) is 22.5 Å². The fraction of sp³-hybridized carbons (Fsp3) is 0.510. The van der Waals surface area contributed by atoms with Crippen molar-refractivity contribution in [3.8, 4) is 5.75 Å². The van der Waals surface area contributed by atoms with E-state index in [1.807, 2.05) is 35.0 Å². The van der Waals surface area contributed by atoms with Gasteiger partial charge in [-0.1, -0.05) is 54.6 Å². The van der Waals surface area contributed by atoms with Crippen LogP contribution in [0.5, 0.6) is 5.75 Å². The van der Waals surface area contributed by atoms with Crippen molar-refractivity contribution in [3.63, 3.8) is 0 Å². The Bertz CT molecular complexity index is 2450. The molecule has 3 saturated heterocycles. The molecular formula is C49H59F3N5O8PS. The summed E-state index contributed by atoms with van der Waals surface area (Å²) >= 11 is 1.13. The first-order chi connectivity index (χ1) is 32.2. The van der Waals surface area contributed by atoms with Crippen molar-refractivity contribution in [2.24, 2.45) is 0 Å².